The highest BCUT2D eigenvalue weighted by atomic mass is 16.6. The zero-order valence-corrected chi connectivity index (χ0v) is 16.3. The second-order valence-corrected chi connectivity index (χ2v) is 8.39. The van der Waals surface area contributed by atoms with Gasteiger partial charge in [-0.25, -0.2) is 4.79 Å². The summed E-state index contributed by atoms with van der Waals surface area (Å²) in [5.74, 6) is 1.56. The summed E-state index contributed by atoms with van der Waals surface area (Å²) in [5.41, 5.74) is 1.00. The minimum absolute atomic E-state index is 0.119. The summed E-state index contributed by atoms with van der Waals surface area (Å²) in [7, 11) is 0. The Balaban J connectivity index is 1.55. The van der Waals surface area contributed by atoms with Gasteiger partial charge >= 0.3 is 6.09 Å². The van der Waals surface area contributed by atoms with Crippen LogP contribution in [0.1, 0.15) is 62.4 Å². The molecular formula is C21H27NO5. The Hall–Kier alpha value is -2.24. The molecule has 3 aliphatic rings. The number of rotatable bonds is 1. The van der Waals surface area contributed by atoms with Crippen molar-refractivity contribution in [1.29, 1.82) is 0 Å². The van der Waals surface area contributed by atoms with Crippen LogP contribution in [0.3, 0.4) is 0 Å². The van der Waals surface area contributed by atoms with E-state index in [9.17, 15) is 9.59 Å². The average Bonchev–Trinajstić information content (AvgIpc) is 2.60. The second kappa shape index (κ2) is 6.43. The van der Waals surface area contributed by atoms with Crippen LogP contribution in [0.2, 0.25) is 0 Å². The fraction of sp³-hybridized carbons (Fsp3) is 0.619. The highest BCUT2D eigenvalue weighted by molar-refractivity contribution is 6.01. The fourth-order valence-corrected chi connectivity index (χ4v) is 4.23. The molecule has 0 bridgehead atoms. The number of benzene rings is 1. The number of ether oxygens (including phenoxy) is 3. The molecule has 1 saturated heterocycles. The van der Waals surface area contributed by atoms with Crippen LogP contribution in [-0.4, -0.2) is 47.7 Å². The number of carbonyl (C=O) groups excluding carboxylic acids is 2. The number of fused-ring (bicyclic) bond motifs is 2. The van der Waals surface area contributed by atoms with Crippen molar-refractivity contribution in [2.24, 2.45) is 0 Å². The zero-order valence-electron chi connectivity index (χ0n) is 16.3. The molecule has 6 heteroatoms. The molecule has 27 heavy (non-hydrogen) atoms. The van der Waals surface area contributed by atoms with Gasteiger partial charge in [0.1, 0.15) is 22.7 Å². The summed E-state index contributed by atoms with van der Waals surface area (Å²) in [6, 6.07) is 3.84. The molecule has 0 unspecified atom stereocenters. The van der Waals surface area contributed by atoms with Crippen molar-refractivity contribution in [3.63, 3.8) is 0 Å². The van der Waals surface area contributed by atoms with Gasteiger partial charge in [0.05, 0.1) is 18.6 Å². The molecule has 0 radical (unpaired) electrons. The van der Waals surface area contributed by atoms with Crippen LogP contribution < -0.4 is 9.47 Å². The van der Waals surface area contributed by atoms with E-state index in [0.29, 0.717) is 50.3 Å². The molecule has 0 saturated carbocycles. The third-order valence-electron chi connectivity index (χ3n) is 5.86. The smallest absolute Gasteiger partial charge is 0.409 e. The van der Waals surface area contributed by atoms with E-state index in [0.717, 1.165) is 24.2 Å². The first-order valence-electron chi connectivity index (χ1n) is 9.81. The Bertz CT molecular complexity index is 777. The second-order valence-electron chi connectivity index (χ2n) is 8.39. The van der Waals surface area contributed by atoms with E-state index in [1.165, 1.54) is 0 Å². The number of Topliss-reactive ketones (excluding diaryl/α,β-unsaturated/α-hetero) is 1. The number of likely N-dealkylation sites (tertiary alicyclic amines) is 1. The molecule has 4 rings (SSSR count). The predicted octanol–water partition coefficient (Wildman–Crippen LogP) is 3.75. The van der Waals surface area contributed by atoms with Gasteiger partial charge in [-0.1, -0.05) is 0 Å². The van der Waals surface area contributed by atoms with E-state index in [2.05, 4.69) is 13.8 Å². The Kier molecular flexibility index (Phi) is 4.32. The average molecular weight is 373 g/mol. The summed E-state index contributed by atoms with van der Waals surface area (Å²) in [4.78, 5) is 26.5. The van der Waals surface area contributed by atoms with Crippen LogP contribution in [-0.2, 0) is 11.2 Å². The number of hydrogen-bond donors (Lipinski definition) is 0. The first kappa shape index (κ1) is 18.1. The van der Waals surface area contributed by atoms with E-state index in [4.69, 9.17) is 14.2 Å². The molecular weight excluding hydrogens is 346 g/mol. The number of carbonyl (C=O) groups is 2. The largest absolute Gasteiger partial charge is 0.487 e. The van der Waals surface area contributed by atoms with Crippen molar-refractivity contribution >= 4 is 11.9 Å². The molecule has 0 atom stereocenters. The molecule has 3 heterocycles. The molecule has 0 N–H and O–H groups in total. The van der Waals surface area contributed by atoms with E-state index >= 15 is 0 Å². The van der Waals surface area contributed by atoms with Gasteiger partial charge in [0.25, 0.3) is 0 Å². The summed E-state index contributed by atoms with van der Waals surface area (Å²) in [5, 5.41) is 0. The van der Waals surface area contributed by atoms with Gasteiger partial charge in [-0.3, -0.25) is 4.79 Å². The van der Waals surface area contributed by atoms with Crippen molar-refractivity contribution < 1.29 is 23.8 Å². The molecule has 0 aliphatic carbocycles. The molecule has 3 aliphatic heterocycles. The molecule has 1 fully saturated rings. The number of hydrogen-bond acceptors (Lipinski definition) is 5. The van der Waals surface area contributed by atoms with Gasteiger partial charge in [-0.2, -0.15) is 0 Å². The summed E-state index contributed by atoms with van der Waals surface area (Å²) >= 11 is 0. The standard InChI is InChI=1S/C21H27NO5/c1-4-25-19(24)22-9-7-21(8-10-22)13-16(23)15-11-14-5-6-20(2,3)26-17(14)12-18(15)27-21/h11-12H,4-10,13H2,1-3H3. The first-order valence-corrected chi connectivity index (χ1v) is 9.81. The molecule has 6 nitrogen and oxygen atoms in total. The SMILES string of the molecule is CCOC(=O)N1CCC2(CC1)CC(=O)c1cc3c(cc1O2)OC(C)(C)CC3. The Labute approximate surface area is 159 Å². The number of piperidine rings is 1. The minimum atomic E-state index is -0.536. The number of aryl methyl sites for hydroxylation is 1. The van der Waals surface area contributed by atoms with Gasteiger partial charge in [0, 0.05) is 32.0 Å². The Morgan fingerprint density at radius 1 is 1.15 bits per heavy atom. The van der Waals surface area contributed by atoms with Crippen molar-refractivity contribution in [3.05, 3.63) is 23.3 Å². The van der Waals surface area contributed by atoms with Crippen LogP contribution in [0.5, 0.6) is 11.5 Å². The fourth-order valence-electron chi connectivity index (χ4n) is 4.23. The number of nitrogens with zero attached hydrogens (tertiary/aromatic N) is 1. The van der Waals surface area contributed by atoms with Gasteiger partial charge in [-0.15, -0.1) is 0 Å². The van der Waals surface area contributed by atoms with Crippen LogP contribution in [0.15, 0.2) is 12.1 Å². The van der Waals surface area contributed by atoms with Crippen LogP contribution in [0.4, 0.5) is 4.79 Å². The normalized spacial score (nSPS) is 22.3. The van der Waals surface area contributed by atoms with Crippen molar-refractivity contribution in [2.75, 3.05) is 19.7 Å². The quantitative estimate of drug-likeness (QED) is 0.750. The monoisotopic (exact) mass is 373 g/mol. The summed E-state index contributed by atoms with van der Waals surface area (Å²) in [6.45, 7) is 7.39. The number of amides is 1. The molecule has 1 aromatic rings. The molecule has 0 aromatic heterocycles. The highest BCUT2D eigenvalue weighted by Crippen LogP contribution is 2.44. The summed E-state index contributed by atoms with van der Waals surface area (Å²) in [6.07, 6.45) is 3.16. The maximum absolute atomic E-state index is 12.9. The third-order valence-corrected chi connectivity index (χ3v) is 5.86. The van der Waals surface area contributed by atoms with E-state index < -0.39 is 5.60 Å². The Morgan fingerprint density at radius 3 is 2.59 bits per heavy atom. The lowest BCUT2D eigenvalue weighted by Gasteiger charge is -2.44. The lowest BCUT2D eigenvalue weighted by Crippen LogP contribution is -2.52. The van der Waals surface area contributed by atoms with Crippen molar-refractivity contribution in [2.45, 2.75) is 64.1 Å². The van der Waals surface area contributed by atoms with E-state index in [1.54, 1.807) is 11.8 Å². The molecule has 1 aromatic carbocycles. The van der Waals surface area contributed by atoms with Gasteiger partial charge in [0.2, 0.25) is 0 Å². The maximum Gasteiger partial charge on any atom is 0.409 e. The van der Waals surface area contributed by atoms with Crippen molar-refractivity contribution in [1.82, 2.24) is 4.90 Å². The predicted molar refractivity (Wildman–Crippen MR) is 99.6 cm³/mol. The van der Waals surface area contributed by atoms with Crippen LogP contribution >= 0.6 is 0 Å². The van der Waals surface area contributed by atoms with Gasteiger partial charge in [0.15, 0.2) is 5.78 Å². The number of ketones is 1. The van der Waals surface area contributed by atoms with E-state index in [-0.39, 0.29) is 17.5 Å². The minimum Gasteiger partial charge on any atom is -0.487 e. The van der Waals surface area contributed by atoms with Crippen molar-refractivity contribution in [3.8, 4) is 11.5 Å². The lowest BCUT2D eigenvalue weighted by molar-refractivity contribution is -0.00908. The first-order chi connectivity index (χ1) is 12.8. The molecule has 146 valence electrons. The maximum atomic E-state index is 12.9. The Morgan fingerprint density at radius 2 is 1.89 bits per heavy atom. The molecule has 1 amide bonds. The molecule has 1 spiro atoms. The van der Waals surface area contributed by atoms with Gasteiger partial charge < -0.3 is 19.1 Å². The van der Waals surface area contributed by atoms with Gasteiger partial charge in [-0.05, 0) is 45.2 Å². The van der Waals surface area contributed by atoms with Crippen LogP contribution in [0.25, 0.3) is 0 Å². The third kappa shape index (κ3) is 3.37. The lowest BCUT2D eigenvalue weighted by atomic mass is 9.81. The van der Waals surface area contributed by atoms with E-state index in [1.807, 2.05) is 12.1 Å². The van der Waals surface area contributed by atoms with Crippen LogP contribution in [0, 0.1) is 0 Å². The topological polar surface area (TPSA) is 65.1 Å². The highest BCUT2D eigenvalue weighted by Gasteiger charge is 2.44. The zero-order chi connectivity index (χ0) is 19.2. The summed E-state index contributed by atoms with van der Waals surface area (Å²) < 4.78 is 17.6.